The predicted molar refractivity (Wildman–Crippen MR) is 28.3 cm³/mol. The molecular formula is HK3O4PPd. The summed E-state index contributed by atoms with van der Waals surface area (Å²) in [5.74, 6) is 0. The molecule has 0 N–H and O–H groups in total. The van der Waals surface area contributed by atoms with Gasteiger partial charge in [-0.1, -0.05) is 0 Å². The molecule has 0 saturated heterocycles. The molecule has 4 nitrogen and oxygen atoms in total. The molecule has 43 valence electrons. The quantitative estimate of drug-likeness (QED) is 0.423. The summed E-state index contributed by atoms with van der Waals surface area (Å²) in [6.45, 7) is 0. The van der Waals surface area contributed by atoms with E-state index in [0.29, 0.717) is 0 Å². The van der Waals surface area contributed by atoms with Gasteiger partial charge in [-0.15, -0.1) is 0 Å². The fourth-order valence-electron chi connectivity index (χ4n) is 0. The predicted octanol–water partition coefficient (Wildman–Crippen LogP) is -1.03. The van der Waals surface area contributed by atoms with Gasteiger partial charge in [0, 0.05) is 154 Å². The number of hydrogen-bond acceptors (Lipinski definition) is 4. The van der Waals surface area contributed by atoms with E-state index in [9.17, 15) is 0 Å². The van der Waals surface area contributed by atoms with Crippen molar-refractivity contribution in [3.8, 4) is 0 Å². The van der Waals surface area contributed by atoms with Crippen molar-refractivity contribution in [3.05, 3.63) is 0 Å². The van der Waals surface area contributed by atoms with Crippen LogP contribution in [-0.2, 0) is 34.0 Å². The first-order valence-electron chi connectivity index (χ1n) is 0.666. The van der Waals surface area contributed by atoms with Crippen LogP contribution in [0.3, 0.4) is 0 Å². The van der Waals surface area contributed by atoms with Crippen LogP contribution in [0.4, 0.5) is 0 Å². The summed E-state index contributed by atoms with van der Waals surface area (Å²) >= 11 is -1.55. The Morgan fingerprint density at radius 3 is 0.889 bits per heavy atom. The molecule has 0 rings (SSSR count). The molecule has 9 heavy (non-hydrogen) atoms. The van der Waals surface area contributed by atoms with Gasteiger partial charge in [0.05, 0.1) is 0 Å². The Labute approximate surface area is 190 Å². The van der Waals surface area contributed by atoms with Crippen LogP contribution in [0, 0.1) is 0 Å². The van der Waals surface area contributed by atoms with Crippen molar-refractivity contribution in [2.45, 2.75) is 0 Å². The normalized spacial score (nSPS) is 3.56. The molecule has 9 heteroatoms. The first-order chi connectivity index (χ1) is 2.83. The van der Waals surface area contributed by atoms with Gasteiger partial charge in [0.25, 0.3) is 0 Å². The van der Waals surface area contributed by atoms with Gasteiger partial charge in [-0.2, -0.15) is 0 Å². The van der Waals surface area contributed by atoms with Crippen LogP contribution < -0.4 is 0 Å². The average Bonchev–Trinajstić information content (AvgIpc) is 1.39. The molecule has 0 aliphatic rings. The molecule has 0 spiro atoms. The standard InChI is InChI=1S/3K.HO2P.2O.Pd/c;;;1-3-2;;;/h;;;3H;;;. The van der Waals surface area contributed by atoms with E-state index in [0.717, 1.165) is 0 Å². The molecular weight excluding hydrogens is 319 g/mol. The zero-order valence-corrected chi connectivity index (χ0v) is 17.4. The third kappa shape index (κ3) is 62.3. The van der Waals surface area contributed by atoms with Crippen LogP contribution in [0.15, 0.2) is 0 Å². The van der Waals surface area contributed by atoms with Crippen molar-refractivity contribution in [2.75, 3.05) is 0 Å². The van der Waals surface area contributed by atoms with Crippen molar-refractivity contribution in [1.82, 2.24) is 0 Å². The summed E-state index contributed by atoms with van der Waals surface area (Å²) in [5, 5.41) is 0. The molecule has 0 atom stereocenters. The Balaban J connectivity index is -0.00000000889. The van der Waals surface area contributed by atoms with Gasteiger partial charge >= 0.3 is 33.2 Å². The van der Waals surface area contributed by atoms with Crippen LogP contribution in [0.2, 0.25) is 0 Å². The van der Waals surface area contributed by atoms with E-state index >= 15 is 0 Å². The molecule has 0 aromatic heterocycles. The van der Waals surface area contributed by atoms with Crippen molar-refractivity contribution in [3.63, 3.8) is 0 Å². The van der Waals surface area contributed by atoms with E-state index in [4.69, 9.17) is 16.1 Å². The number of rotatable bonds is 0. The molecule has 0 fully saturated rings. The molecule has 0 aliphatic carbocycles. The topological polar surface area (TPSA) is 68.3 Å². The maximum atomic E-state index is 8.43. The van der Waals surface area contributed by atoms with Crippen LogP contribution >= 0.6 is 8.34 Å². The Bertz CT molecular complexity index is 69.8. The summed E-state index contributed by atoms with van der Waals surface area (Å²) in [6.07, 6.45) is 0. The van der Waals surface area contributed by atoms with E-state index in [1.54, 1.807) is 0 Å². The van der Waals surface area contributed by atoms with Gasteiger partial charge in [-0.05, 0) is 0 Å². The summed E-state index contributed by atoms with van der Waals surface area (Å²) in [6, 6.07) is 0. The summed E-state index contributed by atoms with van der Waals surface area (Å²) < 4.78 is 33.7. The summed E-state index contributed by atoms with van der Waals surface area (Å²) in [5.41, 5.74) is 0. The van der Waals surface area contributed by atoms with Gasteiger partial charge in [-0.3, -0.25) is 0 Å². The molecule has 0 aromatic carbocycles. The molecule has 3 radical (unpaired) electrons. The van der Waals surface area contributed by atoms with Crippen LogP contribution in [0.25, 0.3) is 0 Å². The molecule has 0 heterocycles. The Morgan fingerprint density at radius 2 is 0.889 bits per heavy atom. The molecule has 0 saturated carbocycles. The van der Waals surface area contributed by atoms with E-state index in [-0.39, 0.29) is 154 Å². The van der Waals surface area contributed by atoms with Crippen LogP contribution in [0.1, 0.15) is 0 Å². The zero-order chi connectivity index (χ0) is 5.41. The molecule has 0 bridgehead atoms. The fourth-order valence-corrected chi connectivity index (χ4v) is 0. The Morgan fingerprint density at radius 1 is 0.889 bits per heavy atom. The molecule has 0 aromatic rings. The Kier molecular flexibility index (Phi) is 124. The summed E-state index contributed by atoms with van der Waals surface area (Å²) in [7, 11) is -1.42. The van der Waals surface area contributed by atoms with E-state index in [1.165, 1.54) is 0 Å². The maximum absolute atomic E-state index is 8.43. The van der Waals surface area contributed by atoms with Crippen LogP contribution in [0.5, 0.6) is 0 Å². The minimum absolute atomic E-state index is 0. The van der Waals surface area contributed by atoms with E-state index in [2.05, 4.69) is 0 Å². The second kappa shape index (κ2) is 38.1. The first-order valence-corrected chi connectivity index (χ1v) is 2.75. The SMILES string of the molecule is O=[PH]=O.[K].[K].[K].[O]=[Pd]=[O]. The number of hydrogen-bond donors (Lipinski definition) is 0. The molecule has 0 unspecified atom stereocenters. The van der Waals surface area contributed by atoms with Gasteiger partial charge in [0.15, 0.2) is 0 Å². The average molecular weight is 320 g/mol. The van der Waals surface area contributed by atoms with Gasteiger partial charge in [-0.25, -0.2) is 9.13 Å². The van der Waals surface area contributed by atoms with Crippen molar-refractivity contribution < 1.29 is 34.0 Å². The summed E-state index contributed by atoms with van der Waals surface area (Å²) in [4.78, 5) is 0. The molecule has 0 amide bonds. The third-order valence-electron chi connectivity index (χ3n) is 0. The first kappa shape index (κ1) is 29.2. The van der Waals surface area contributed by atoms with Gasteiger partial charge in [0.2, 0.25) is 0 Å². The van der Waals surface area contributed by atoms with Gasteiger partial charge in [0.1, 0.15) is 0 Å². The van der Waals surface area contributed by atoms with E-state index < -0.39 is 26.2 Å². The third-order valence-corrected chi connectivity index (χ3v) is 0. The van der Waals surface area contributed by atoms with Crippen LogP contribution in [-0.4, -0.2) is 154 Å². The monoisotopic (exact) mass is 319 g/mol. The minimum atomic E-state index is -1.55. The van der Waals surface area contributed by atoms with Crippen molar-refractivity contribution >= 4 is 162 Å². The van der Waals surface area contributed by atoms with Crippen molar-refractivity contribution in [1.29, 1.82) is 0 Å². The van der Waals surface area contributed by atoms with E-state index in [1.807, 2.05) is 0 Å². The zero-order valence-electron chi connectivity index (χ0n) is 5.45. The fraction of sp³-hybridized carbons (Fsp3) is 0. The second-order valence-electron chi connectivity index (χ2n) is 0.136. The second-order valence-corrected chi connectivity index (χ2v) is 0.562. The van der Waals surface area contributed by atoms with Gasteiger partial charge < -0.3 is 0 Å². The molecule has 0 aliphatic heterocycles. The Hall–Kier alpha value is 5.07. The van der Waals surface area contributed by atoms with Crippen molar-refractivity contribution in [2.24, 2.45) is 0 Å².